The number of unbranched alkanes of at least 4 members (excludes halogenated alkanes) is 1. The van der Waals surface area contributed by atoms with Gasteiger partial charge in [-0.2, -0.15) is 4.98 Å². The third kappa shape index (κ3) is 7.41. The number of thiophene rings is 1. The molecular formula is C22H31ClN4O5S. The fraction of sp³-hybridized carbons (Fsp3) is 0.636. The van der Waals surface area contributed by atoms with Crippen LogP contribution in [0.25, 0.3) is 10.2 Å². The maximum atomic E-state index is 12.9. The van der Waals surface area contributed by atoms with E-state index in [0.717, 1.165) is 34.0 Å². The lowest BCUT2D eigenvalue weighted by atomic mass is 10.2. The second-order valence-corrected chi connectivity index (χ2v) is 10.3. The Morgan fingerprint density at radius 3 is 2.64 bits per heavy atom. The summed E-state index contributed by atoms with van der Waals surface area (Å²) in [7, 11) is 1.37. The molecule has 0 aliphatic carbocycles. The molecule has 1 fully saturated rings. The zero-order chi connectivity index (χ0) is 24.0. The predicted molar refractivity (Wildman–Crippen MR) is 128 cm³/mol. The number of morpholine rings is 1. The monoisotopic (exact) mass is 498 g/mol. The quantitative estimate of drug-likeness (QED) is 0.302. The molecule has 2 aromatic rings. The van der Waals surface area contributed by atoms with E-state index in [2.05, 4.69) is 14.9 Å². The van der Waals surface area contributed by atoms with Gasteiger partial charge in [-0.15, -0.1) is 11.3 Å². The Morgan fingerprint density at radius 1 is 1.24 bits per heavy atom. The van der Waals surface area contributed by atoms with Crippen LogP contribution >= 0.6 is 22.9 Å². The molecule has 11 heteroatoms. The Kier molecular flexibility index (Phi) is 8.72. The maximum Gasteiger partial charge on any atom is 0.410 e. The van der Waals surface area contributed by atoms with Crippen LogP contribution in [0.5, 0.6) is 0 Å². The topological polar surface area (TPSA) is 94.1 Å². The third-order valence-corrected chi connectivity index (χ3v) is 6.25. The number of anilines is 1. The van der Waals surface area contributed by atoms with Gasteiger partial charge in [0.2, 0.25) is 5.28 Å². The van der Waals surface area contributed by atoms with Gasteiger partial charge in [-0.05, 0) is 51.3 Å². The van der Waals surface area contributed by atoms with E-state index in [1.54, 1.807) is 16.2 Å². The molecule has 0 bridgehead atoms. The van der Waals surface area contributed by atoms with Gasteiger partial charge < -0.3 is 24.0 Å². The first kappa shape index (κ1) is 25.5. The van der Waals surface area contributed by atoms with Gasteiger partial charge in [0.25, 0.3) is 0 Å². The van der Waals surface area contributed by atoms with Crippen molar-refractivity contribution in [2.24, 2.45) is 0 Å². The number of ether oxygens (including phenoxy) is 3. The van der Waals surface area contributed by atoms with Crippen molar-refractivity contribution in [2.45, 2.75) is 52.2 Å². The van der Waals surface area contributed by atoms with E-state index in [1.807, 2.05) is 26.8 Å². The van der Waals surface area contributed by atoms with Crippen LogP contribution in [0.1, 0.15) is 44.9 Å². The summed E-state index contributed by atoms with van der Waals surface area (Å²) in [5.41, 5.74) is 0.149. The lowest BCUT2D eigenvalue weighted by molar-refractivity contribution is -0.140. The van der Waals surface area contributed by atoms with E-state index in [4.69, 9.17) is 25.8 Å². The lowest BCUT2D eigenvalue weighted by Gasteiger charge is -2.28. The third-order valence-electron chi connectivity index (χ3n) is 4.97. The smallest absolute Gasteiger partial charge is 0.410 e. The van der Waals surface area contributed by atoms with Crippen molar-refractivity contribution in [3.63, 3.8) is 0 Å². The summed E-state index contributed by atoms with van der Waals surface area (Å²) in [6.07, 6.45) is 1.21. The Bertz CT molecular complexity index is 972. The minimum Gasteiger partial charge on any atom is -0.469 e. The fourth-order valence-electron chi connectivity index (χ4n) is 3.43. The second kappa shape index (κ2) is 11.3. The highest BCUT2D eigenvalue weighted by molar-refractivity contribution is 7.19. The molecule has 3 rings (SSSR count). The number of fused-ring (bicyclic) bond motifs is 1. The number of esters is 1. The molecule has 1 aliphatic rings. The fourth-order valence-corrected chi connectivity index (χ4v) is 4.73. The normalized spacial score (nSPS) is 14.4. The van der Waals surface area contributed by atoms with Gasteiger partial charge in [0, 0.05) is 30.9 Å². The molecule has 1 saturated heterocycles. The van der Waals surface area contributed by atoms with Crippen LogP contribution < -0.4 is 4.90 Å². The van der Waals surface area contributed by atoms with Crippen LogP contribution in [0.3, 0.4) is 0 Å². The van der Waals surface area contributed by atoms with Gasteiger partial charge in [-0.1, -0.05) is 0 Å². The molecule has 0 unspecified atom stereocenters. The van der Waals surface area contributed by atoms with E-state index in [-0.39, 0.29) is 11.3 Å². The van der Waals surface area contributed by atoms with Crippen LogP contribution in [0.4, 0.5) is 10.6 Å². The zero-order valence-corrected chi connectivity index (χ0v) is 21.1. The van der Waals surface area contributed by atoms with Gasteiger partial charge >= 0.3 is 12.1 Å². The SMILES string of the molecule is COC(=O)CCCCN(Cc1cc2nc(Cl)nc(N3CCOCC3)c2s1)C(=O)OC(C)(C)C. The highest BCUT2D eigenvalue weighted by Gasteiger charge is 2.24. The average molecular weight is 499 g/mol. The molecule has 1 amide bonds. The number of rotatable bonds is 8. The van der Waals surface area contributed by atoms with Crippen LogP contribution in [0.15, 0.2) is 6.07 Å². The van der Waals surface area contributed by atoms with Crippen molar-refractivity contribution in [1.82, 2.24) is 14.9 Å². The number of hydrogen-bond donors (Lipinski definition) is 0. The second-order valence-electron chi connectivity index (χ2n) is 8.78. The zero-order valence-electron chi connectivity index (χ0n) is 19.6. The van der Waals surface area contributed by atoms with Crippen molar-refractivity contribution in [1.29, 1.82) is 0 Å². The first-order valence-electron chi connectivity index (χ1n) is 11.0. The first-order valence-corrected chi connectivity index (χ1v) is 12.2. The van der Waals surface area contributed by atoms with Crippen LogP contribution in [-0.2, 0) is 25.5 Å². The number of nitrogens with zero attached hydrogens (tertiary/aromatic N) is 4. The highest BCUT2D eigenvalue weighted by atomic mass is 35.5. The minimum atomic E-state index is -0.607. The average Bonchev–Trinajstić information content (AvgIpc) is 3.16. The summed E-state index contributed by atoms with van der Waals surface area (Å²) in [5, 5.41) is 0.195. The van der Waals surface area contributed by atoms with Gasteiger partial charge in [-0.25, -0.2) is 9.78 Å². The molecule has 9 nitrogen and oxygen atoms in total. The molecule has 0 saturated carbocycles. The van der Waals surface area contributed by atoms with Gasteiger partial charge in [0.15, 0.2) is 5.82 Å². The number of hydrogen-bond acceptors (Lipinski definition) is 9. The molecule has 1 aliphatic heterocycles. The van der Waals surface area contributed by atoms with E-state index in [0.29, 0.717) is 45.6 Å². The Morgan fingerprint density at radius 2 is 1.97 bits per heavy atom. The van der Waals surface area contributed by atoms with Gasteiger partial charge in [0.1, 0.15) is 5.60 Å². The number of carbonyl (C=O) groups excluding carboxylic acids is 2. The van der Waals surface area contributed by atoms with E-state index in [9.17, 15) is 9.59 Å². The standard InChI is InChI=1S/C22H31ClN4O5S/c1-22(2,3)32-21(29)27(8-6-5-7-17(28)30-4)14-15-13-16-18(33-15)19(25-20(23)24-16)26-9-11-31-12-10-26/h13H,5-12,14H2,1-4H3. The van der Waals surface area contributed by atoms with Crippen LogP contribution in [0.2, 0.25) is 5.28 Å². The summed E-state index contributed by atoms with van der Waals surface area (Å²) in [5.74, 6) is 0.542. The Labute approximate surface area is 203 Å². The number of methoxy groups -OCH3 is 1. The van der Waals surface area contributed by atoms with Gasteiger partial charge in [-0.3, -0.25) is 4.79 Å². The molecule has 0 radical (unpaired) electrons. The molecule has 0 aromatic carbocycles. The number of halogens is 1. The molecule has 2 aromatic heterocycles. The molecule has 0 N–H and O–H groups in total. The summed E-state index contributed by atoms with van der Waals surface area (Å²) in [4.78, 5) is 37.9. The lowest BCUT2D eigenvalue weighted by Crippen LogP contribution is -2.37. The molecular weight excluding hydrogens is 468 g/mol. The summed E-state index contributed by atoms with van der Waals surface area (Å²) >= 11 is 7.75. The molecule has 33 heavy (non-hydrogen) atoms. The van der Waals surface area contributed by atoms with E-state index in [1.165, 1.54) is 7.11 Å². The van der Waals surface area contributed by atoms with Gasteiger partial charge in [0.05, 0.1) is 37.1 Å². The summed E-state index contributed by atoms with van der Waals surface area (Å²) < 4.78 is 16.7. The Balaban J connectivity index is 1.79. The number of carbonyl (C=O) groups is 2. The Hall–Kier alpha value is -2.17. The highest BCUT2D eigenvalue weighted by Crippen LogP contribution is 2.34. The maximum absolute atomic E-state index is 12.9. The van der Waals surface area contributed by atoms with E-state index < -0.39 is 11.7 Å². The number of amides is 1. The van der Waals surface area contributed by atoms with Crippen molar-refractivity contribution < 1.29 is 23.8 Å². The minimum absolute atomic E-state index is 0.195. The van der Waals surface area contributed by atoms with Crippen molar-refractivity contribution in [3.8, 4) is 0 Å². The van der Waals surface area contributed by atoms with Crippen LogP contribution in [0, 0.1) is 0 Å². The van der Waals surface area contributed by atoms with E-state index >= 15 is 0 Å². The summed E-state index contributed by atoms with van der Waals surface area (Å²) in [6.45, 7) is 9.10. The predicted octanol–water partition coefficient (Wildman–Crippen LogP) is 4.26. The molecule has 182 valence electrons. The van der Waals surface area contributed by atoms with Crippen LogP contribution in [-0.4, -0.2) is 72.5 Å². The summed E-state index contributed by atoms with van der Waals surface area (Å²) in [6, 6.07) is 1.95. The van der Waals surface area contributed by atoms with Crippen molar-refractivity contribution >= 4 is 51.0 Å². The van der Waals surface area contributed by atoms with Crippen molar-refractivity contribution in [3.05, 3.63) is 16.2 Å². The molecule has 0 atom stereocenters. The molecule has 3 heterocycles. The first-order chi connectivity index (χ1) is 15.7. The number of aromatic nitrogens is 2. The molecule has 0 spiro atoms. The largest absolute Gasteiger partial charge is 0.469 e. The van der Waals surface area contributed by atoms with Crippen molar-refractivity contribution in [2.75, 3.05) is 44.9 Å².